The summed E-state index contributed by atoms with van der Waals surface area (Å²) in [5, 5.41) is 24.9. The number of carbonyl (C=O) groups is 4. The third-order valence-electron chi connectivity index (χ3n) is 4.12. The molecule has 33 heavy (non-hydrogen) atoms. The lowest BCUT2D eigenvalue weighted by Crippen LogP contribution is -2.54. The number of nitrogens with one attached hydrogen (secondary N) is 3. The van der Waals surface area contributed by atoms with E-state index in [0.717, 1.165) is 0 Å². The van der Waals surface area contributed by atoms with Gasteiger partial charge in [0.15, 0.2) is 11.9 Å². The molecule has 0 heterocycles. The normalized spacial score (nSPS) is 13.0. The number of carbonyl (C=O) groups excluding carboxylic acids is 3. The molecular formula is C17H34N10O6. The van der Waals surface area contributed by atoms with Gasteiger partial charge in [-0.1, -0.05) is 0 Å². The van der Waals surface area contributed by atoms with Gasteiger partial charge in [0, 0.05) is 13.1 Å². The Morgan fingerprint density at radius 2 is 1.36 bits per heavy atom. The Bertz CT molecular complexity index is 721. The molecule has 3 atom stereocenters. The first-order valence-electron chi connectivity index (χ1n) is 10.0. The number of hydrogen-bond acceptors (Lipinski definition) is 8. The fourth-order valence-corrected chi connectivity index (χ4v) is 2.42. The van der Waals surface area contributed by atoms with E-state index in [-0.39, 0.29) is 37.7 Å². The Morgan fingerprint density at radius 3 is 1.85 bits per heavy atom. The summed E-state index contributed by atoms with van der Waals surface area (Å²) in [7, 11) is 0. The van der Waals surface area contributed by atoms with Gasteiger partial charge in [-0.15, -0.1) is 0 Å². The van der Waals surface area contributed by atoms with E-state index < -0.39 is 55.0 Å². The minimum atomic E-state index is -1.55. The molecule has 3 amide bonds. The zero-order valence-corrected chi connectivity index (χ0v) is 18.2. The van der Waals surface area contributed by atoms with Gasteiger partial charge in [-0.25, -0.2) is 4.79 Å². The van der Waals surface area contributed by atoms with E-state index in [0.29, 0.717) is 13.0 Å². The zero-order valence-electron chi connectivity index (χ0n) is 18.2. The van der Waals surface area contributed by atoms with Crippen LogP contribution in [0.2, 0.25) is 0 Å². The summed E-state index contributed by atoms with van der Waals surface area (Å²) >= 11 is 0. The number of carboxylic acids is 1. The topological polar surface area (TPSA) is 300 Å². The quantitative estimate of drug-likeness (QED) is 0.0571. The van der Waals surface area contributed by atoms with Crippen molar-refractivity contribution in [3.05, 3.63) is 0 Å². The number of nitrogens with zero attached hydrogens (tertiary/aromatic N) is 2. The second-order valence-corrected chi connectivity index (χ2v) is 6.92. The van der Waals surface area contributed by atoms with Gasteiger partial charge < -0.3 is 54.8 Å². The van der Waals surface area contributed by atoms with Crippen molar-refractivity contribution in [2.75, 3.05) is 26.2 Å². The van der Waals surface area contributed by atoms with Gasteiger partial charge in [-0.05, 0) is 25.7 Å². The van der Waals surface area contributed by atoms with E-state index in [9.17, 15) is 19.2 Å². The second-order valence-electron chi connectivity index (χ2n) is 6.92. The molecule has 0 aromatic carbocycles. The number of hydrogen-bond donors (Lipinski definition) is 10. The van der Waals surface area contributed by atoms with Crippen LogP contribution in [0.1, 0.15) is 25.7 Å². The van der Waals surface area contributed by atoms with Crippen molar-refractivity contribution in [1.82, 2.24) is 16.0 Å². The number of amides is 3. The Hall–Kier alpha value is -3.66. The molecule has 3 unspecified atom stereocenters. The number of carboxylic acid groups (broad SMARTS) is 1. The van der Waals surface area contributed by atoms with Crippen LogP contribution in [-0.4, -0.2) is 90.2 Å². The number of guanidine groups is 2. The summed E-state index contributed by atoms with van der Waals surface area (Å²) in [6.07, 6.45) is 1.06. The highest BCUT2D eigenvalue weighted by atomic mass is 16.4. The minimum absolute atomic E-state index is 0.0599. The van der Waals surface area contributed by atoms with Crippen molar-refractivity contribution in [1.29, 1.82) is 0 Å². The maximum absolute atomic E-state index is 12.4. The molecule has 0 aliphatic carbocycles. The lowest BCUT2D eigenvalue weighted by atomic mass is 10.1. The smallest absolute Gasteiger partial charge is 0.328 e. The van der Waals surface area contributed by atoms with Crippen molar-refractivity contribution in [2.45, 2.75) is 43.8 Å². The van der Waals surface area contributed by atoms with Crippen LogP contribution in [0.15, 0.2) is 9.98 Å². The van der Waals surface area contributed by atoms with Crippen molar-refractivity contribution >= 4 is 35.6 Å². The number of aliphatic carboxylic acids is 1. The molecule has 0 spiro atoms. The van der Waals surface area contributed by atoms with Gasteiger partial charge in [-0.3, -0.25) is 24.4 Å². The Balaban J connectivity index is 4.80. The first-order valence-corrected chi connectivity index (χ1v) is 10.0. The van der Waals surface area contributed by atoms with E-state index in [1.807, 2.05) is 0 Å². The summed E-state index contributed by atoms with van der Waals surface area (Å²) in [6.45, 7) is -0.852. The predicted molar refractivity (Wildman–Crippen MR) is 119 cm³/mol. The third-order valence-corrected chi connectivity index (χ3v) is 4.12. The molecule has 0 aliphatic heterocycles. The van der Waals surface area contributed by atoms with Crippen LogP contribution in [0.25, 0.3) is 0 Å². The van der Waals surface area contributed by atoms with E-state index in [4.69, 9.17) is 38.9 Å². The summed E-state index contributed by atoms with van der Waals surface area (Å²) < 4.78 is 0. The molecule has 0 saturated carbocycles. The highest BCUT2D eigenvalue weighted by molar-refractivity contribution is 5.92. The average Bonchev–Trinajstić information content (AvgIpc) is 2.74. The summed E-state index contributed by atoms with van der Waals surface area (Å²) in [6, 6.07) is -3.61. The minimum Gasteiger partial charge on any atom is -0.480 e. The SMILES string of the molecule is NC(N)=NCCCC(N)C(=O)NCC(=O)NC(CCCN=C(N)N)C(=O)NC(CO)C(=O)O. The monoisotopic (exact) mass is 474 g/mol. The third kappa shape index (κ3) is 14.1. The van der Waals surface area contributed by atoms with E-state index in [1.54, 1.807) is 0 Å². The Labute approximate surface area is 190 Å². The van der Waals surface area contributed by atoms with E-state index >= 15 is 0 Å². The van der Waals surface area contributed by atoms with Gasteiger partial charge in [-0.2, -0.15) is 0 Å². The van der Waals surface area contributed by atoms with E-state index in [1.165, 1.54) is 0 Å². The number of nitrogens with two attached hydrogens (primary N) is 5. The standard InChI is InChI=1S/C17H34N10O6/c18-9(3-1-5-23-16(19)20)13(30)25-7-12(29)26-10(4-2-6-24-17(21)22)14(31)27-11(8-28)15(32)33/h9-11,28H,1-8,18H2,(H,25,30)(H,26,29)(H,27,31)(H,32,33)(H4,19,20,23)(H4,21,22,24). The largest absolute Gasteiger partial charge is 0.480 e. The molecule has 16 nitrogen and oxygen atoms in total. The first-order chi connectivity index (χ1) is 15.5. The molecule has 188 valence electrons. The van der Waals surface area contributed by atoms with Crippen LogP contribution in [0.3, 0.4) is 0 Å². The zero-order chi connectivity index (χ0) is 25.4. The lowest BCUT2D eigenvalue weighted by Gasteiger charge is -2.21. The van der Waals surface area contributed by atoms with Crippen LogP contribution in [-0.2, 0) is 19.2 Å². The summed E-state index contributed by atoms with van der Waals surface area (Å²) in [5.74, 6) is -3.81. The van der Waals surface area contributed by atoms with Crippen LogP contribution in [0.4, 0.5) is 0 Å². The van der Waals surface area contributed by atoms with Gasteiger partial charge in [0.25, 0.3) is 0 Å². The van der Waals surface area contributed by atoms with Gasteiger partial charge in [0.1, 0.15) is 12.1 Å². The highest BCUT2D eigenvalue weighted by Crippen LogP contribution is 2.00. The molecule has 16 heteroatoms. The van der Waals surface area contributed by atoms with Crippen molar-refractivity contribution in [2.24, 2.45) is 38.7 Å². The van der Waals surface area contributed by atoms with Crippen molar-refractivity contribution < 1.29 is 29.4 Å². The average molecular weight is 475 g/mol. The number of rotatable bonds is 16. The molecule has 0 fully saturated rings. The van der Waals surface area contributed by atoms with Crippen LogP contribution in [0.5, 0.6) is 0 Å². The van der Waals surface area contributed by atoms with Gasteiger partial charge in [0.2, 0.25) is 17.7 Å². The highest BCUT2D eigenvalue weighted by Gasteiger charge is 2.26. The Kier molecular flexibility index (Phi) is 14.3. The van der Waals surface area contributed by atoms with Gasteiger partial charge in [0.05, 0.1) is 19.2 Å². The Morgan fingerprint density at radius 1 is 0.818 bits per heavy atom. The molecule has 0 radical (unpaired) electrons. The molecule has 15 N–H and O–H groups in total. The number of aliphatic imine (C=N–C) groups is 2. The maximum atomic E-state index is 12.4. The maximum Gasteiger partial charge on any atom is 0.328 e. The number of aliphatic hydroxyl groups is 1. The molecule has 0 rings (SSSR count). The molecular weight excluding hydrogens is 440 g/mol. The predicted octanol–water partition coefficient (Wildman–Crippen LogP) is -5.42. The van der Waals surface area contributed by atoms with Crippen LogP contribution >= 0.6 is 0 Å². The van der Waals surface area contributed by atoms with Crippen LogP contribution < -0.4 is 44.6 Å². The van der Waals surface area contributed by atoms with Gasteiger partial charge >= 0.3 is 5.97 Å². The first kappa shape index (κ1) is 29.3. The number of aliphatic hydroxyl groups excluding tert-OH is 1. The van der Waals surface area contributed by atoms with E-state index in [2.05, 4.69) is 25.9 Å². The second kappa shape index (κ2) is 16.0. The molecule has 0 bridgehead atoms. The molecule has 0 aliphatic rings. The summed E-state index contributed by atoms with van der Waals surface area (Å²) in [4.78, 5) is 55.2. The molecule has 0 aromatic rings. The van der Waals surface area contributed by atoms with Crippen molar-refractivity contribution in [3.63, 3.8) is 0 Å². The fraction of sp³-hybridized carbons (Fsp3) is 0.647. The molecule has 0 saturated heterocycles. The fourth-order valence-electron chi connectivity index (χ4n) is 2.42. The lowest BCUT2D eigenvalue weighted by molar-refractivity contribution is -0.143. The molecule has 0 aromatic heterocycles. The summed E-state index contributed by atoms with van der Waals surface area (Å²) in [5.41, 5.74) is 26.6. The van der Waals surface area contributed by atoms with Crippen molar-refractivity contribution in [3.8, 4) is 0 Å². The van der Waals surface area contributed by atoms with Crippen LogP contribution in [0, 0.1) is 0 Å².